The molecule has 4 aliphatic rings. The van der Waals surface area contributed by atoms with Crippen molar-refractivity contribution in [3.05, 3.63) is 0 Å². The minimum Gasteiger partial charge on any atom is -0.452 e. The molecule has 4 saturated carbocycles. The van der Waals surface area contributed by atoms with Crippen LogP contribution in [0.15, 0.2) is 0 Å². The van der Waals surface area contributed by atoms with E-state index >= 15 is 0 Å². The molecule has 4 rings (SSSR count). The molecule has 2 N–H and O–H groups in total. The summed E-state index contributed by atoms with van der Waals surface area (Å²) in [6.45, 7) is 1.48. The van der Waals surface area contributed by atoms with Gasteiger partial charge in [-0.15, -0.1) is 11.6 Å². The predicted octanol–water partition coefficient (Wildman–Crippen LogP) is 1.95. The summed E-state index contributed by atoms with van der Waals surface area (Å²) in [6.07, 6.45) is 4.35. The largest absolute Gasteiger partial charge is 0.452 e. The SMILES string of the molecule is CNC(=O)NC(=O)[C@@H](C)OC(=O)C12C[C@@H]3C[C@H](CC(Cl)(C3)C1)C2. The summed E-state index contributed by atoms with van der Waals surface area (Å²) in [5.74, 6) is 0.00630. The van der Waals surface area contributed by atoms with E-state index in [0.29, 0.717) is 18.3 Å². The summed E-state index contributed by atoms with van der Waals surface area (Å²) >= 11 is 6.71. The minimum absolute atomic E-state index is 0.281. The molecule has 4 aliphatic carbocycles. The molecule has 0 spiro atoms. The number of carbonyl (C=O) groups is 3. The van der Waals surface area contributed by atoms with Crippen molar-refractivity contribution in [2.45, 2.75) is 56.4 Å². The maximum atomic E-state index is 12.7. The first-order valence-electron chi connectivity index (χ1n) is 8.18. The van der Waals surface area contributed by atoms with Crippen molar-refractivity contribution in [1.82, 2.24) is 10.6 Å². The van der Waals surface area contributed by atoms with Crippen LogP contribution in [0, 0.1) is 17.3 Å². The molecule has 3 amide bonds. The Hall–Kier alpha value is -1.30. The lowest BCUT2D eigenvalue weighted by atomic mass is 9.49. The summed E-state index contributed by atoms with van der Waals surface area (Å²) in [5, 5.41) is 4.41. The smallest absolute Gasteiger partial charge is 0.321 e. The van der Waals surface area contributed by atoms with E-state index in [1.165, 1.54) is 14.0 Å². The molecular weight excluding hydrogens is 320 g/mol. The number of amides is 3. The average Bonchev–Trinajstić information content (AvgIpc) is 2.44. The topological polar surface area (TPSA) is 84.5 Å². The molecule has 23 heavy (non-hydrogen) atoms. The number of halogens is 1. The Kier molecular flexibility index (Phi) is 4.07. The van der Waals surface area contributed by atoms with E-state index in [1.807, 2.05) is 0 Å². The van der Waals surface area contributed by atoms with Crippen molar-refractivity contribution in [3.63, 3.8) is 0 Å². The monoisotopic (exact) mass is 342 g/mol. The second-order valence-corrected chi connectivity index (χ2v) is 8.31. The van der Waals surface area contributed by atoms with Gasteiger partial charge in [-0.05, 0) is 57.3 Å². The van der Waals surface area contributed by atoms with Crippen LogP contribution < -0.4 is 10.6 Å². The number of esters is 1. The summed E-state index contributed by atoms with van der Waals surface area (Å²) in [7, 11) is 1.41. The Bertz CT molecular complexity index is 536. The van der Waals surface area contributed by atoms with E-state index in [9.17, 15) is 14.4 Å². The summed E-state index contributed by atoms with van der Waals surface area (Å²) in [6, 6.07) is -0.618. The fourth-order valence-corrected chi connectivity index (χ4v) is 5.70. The van der Waals surface area contributed by atoms with Crippen LogP contribution in [0.25, 0.3) is 0 Å². The number of ether oxygens (including phenoxy) is 1. The standard InChI is InChI=1S/C16H23ClN2O4/c1-9(12(20)19-14(22)18-2)23-13(21)15-4-10-3-11(5-15)7-16(17,6-10)8-15/h9-11H,3-8H2,1-2H3,(H2,18,19,20,22)/t9-,10+,11+,15?,16?/m1/s1. The van der Waals surface area contributed by atoms with Gasteiger partial charge in [0.25, 0.3) is 5.91 Å². The van der Waals surface area contributed by atoms with Gasteiger partial charge in [-0.1, -0.05) is 0 Å². The fraction of sp³-hybridized carbons (Fsp3) is 0.812. The number of carbonyl (C=O) groups excluding carboxylic acids is 3. The van der Waals surface area contributed by atoms with Crippen molar-refractivity contribution < 1.29 is 19.1 Å². The summed E-state index contributed by atoms with van der Waals surface area (Å²) in [5.41, 5.74) is -0.548. The van der Waals surface area contributed by atoms with E-state index in [-0.39, 0.29) is 10.8 Å². The van der Waals surface area contributed by atoms with Gasteiger partial charge in [-0.3, -0.25) is 14.9 Å². The number of alkyl halides is 1. The normalized spacial score (nSPS) is 38.7. The maximum absolute atomic E-state index is 12.7. The molecule has 6 nitrogen and oxygen atoms in total. The first-order valence-corrected chi connectivity index (χ1v) is 8.56. The van der Waals surface area contributed by atoms with Gasteiger partial charge in [0, 0.05) is 11.9 Å². The van der Waals surface area contributed by atoms with E-state index in [0.717, 1.165) is 32.1 Å². The first-order chi connectivity index (χ1) is 10.8. The molecule has 0 saturated heterocycles. The van der Waals surface area contributed by atoms with Gasteiger partial charge in [0.1, 0.15) is 0 Å². The van der Waals surface area contributed by atoms with Gasteiger partial charge >= 0.3 is 12.0 Å². The van der Waals surface area contributed by atoms with Gasteiger partial charge in [0.15, 0.2) is 6.10 Å². The van der Waals surface area contributed by atoms with E-state index in [2.05, 4.69) is 10.6 Å². The molecule has 0 aromatic heterocycles. The molecule has 0 aliphatic heterocycles. The Balaban J connectivity index is 1.66. The second kappa shape index (κ2) is 5.65. The molecule has 0 heterocycles. The zero-order valence-corrected chi connectivity index (χ0v) is 14.2. The Labute approximate surface area is 140 Å². The van der Waals surface area contributed by atoms with Crippen LogP contribution in [-0.4, -0.2) is 35.9 Å². The van der Waals surface area contributed by atoms with Crippen molar-refractivity contribution >= 4 is 29.5 Å². The Morgan fingerprint density at radius 1 is 1.17 bits per heavy atom. The molecule has 4 fully saturated rings. The highest BCUT2D eigenvalue weighted by molar-refractivity contribution is 6.24. The molecule has 0 unspecified atom stereocenters. The van der Waals surface area contributed by atoms with E-state index in [4.69, 9.17) is 16.3 Å². The van der Waals surface area contributed by atoms with Gasteiger partial charge in [0.05, 0.1) is 5.41 Å². The van der Waals surface area contributed by atoms with Gasteiger partial charge < -0.3 is 10.1 Å². The van der Waals surface area contributed by atoms with E-state index in [1.54, 1.807) is 0 Å². The molecule has 0 aromatic rings. The van der Waals surface area contributed by atoms with Crippen LogP contribution in [0.2, 0.25) is 0 Å². The highest BCUT2D eigenvalue weighted by atomic mass is 35.5. The zero-order chi connectivity index (χ0) is 16.8. The quantitative estimate of drug-likeness (QED) is 0.606. The lowest BCUT2D eigenvalue weighted by Crippen LogP contribution is -2.57. The lowest BCUT2D eigenvalue weighted by Gasteiger charge is -2.58. The van der Waals surface area contributed by atoms with Crippen LogP contribution in [-0.2, 0) is 14.3 Å². The molecular formula is C16H23ClN2O4. The van der Waals surface area contributed by atoms with E-state index < -0.39 is 23.5 Å². The third-order valence-corrected chi connectivity index (χ3v) is 5.98. The van der Waals surface area contributed by atoms with Crippen LogP contribution in [0.1, 0.15) is 45.4 Å². The molecule has 3 atom stereocenters. The van der Waals surface area contributed by atoms with Crippen molar-refractivity contribution in [2.75, 3.05) is 7.05 Å². The third-order valence-electron chi connectivity index (χ3n) is 5.54. The minimum atomic E-state index is -1.00. The van der Waals surface area contributed by atoms with Crippen LogP contribution in [0.4, 0.5) is 4.79 Å². The number of nitrogens with one attached hydrogen (secondary N) is 2. The van der Waals surface area contributed by atoms with Crippen molar-refractivity contribution in [2.24, 2.45) is 17.3 Å². The summed E-state index contributed by atoms with van der Waals surface area (Å²) < 4.78 is 5.40. The number of urea groups is 1. The number of hydrogen-bond donors (Lipinski definition) is 2. The van der Waals surface area contributed by atoms with Crippen molar-refractivity contribution in [3.8, 4) is 0 Å². The van der Waals surface area contributed by atoms with Crippen LogP contribution >= 0.6 is 11.6 Å². The molecule has 0 aromatic carbocycles. The van der Waals surface area contributed by atoms with Gasteiger partial charge in [-0.2, -0.15) is 0 Å². The molecule has 0 radical (unpaired) electrons. The average molecular weight is 343 g/mol. The third kappa shape index (κ3) is 3.05. The molecule has 7 heteroatoms. The number of imide groups is 1. The van der Waals surface area contributed by atoms with Crippen LogP contribution in [0.3, 0.4) is 0 Å². The van der Waals surface area contributed by atoms with Gasteiger partial charge in [0.2, 0.25) is 0 Å². The number of hydrogen-bond acceptors (Lipinski definition) is 4. The maximum Gasteiger partial charge on any atom is 0.321 e. The predicted molar refractivity (Wildman–Crippen MR) is 83.9 cm³/mol. The number of rotatable bonds is 3. The Morgan fingerprint density at radius 3 is 2.30 bits per heavy atom. The fourth-order valence-electron chi connectivity index (χ4n) is 5.00. The van der Waals surface area contributed by atoms with Crippen molar-refractivity contribution in [1.29, 1.82) is 0 Å². The highest BCUT2D eigenvalue weighted by Crippen LogP contribution is 2.64. The van der Waals surface area contributed by atoms with Crippen LogP contribution in [0.5, 0.6) is 0 Å². The Morgan fingerprint density at radius 2 is 1.78 bits per heavy atom. The zero-order valence-electron chi connectivity index (χ0n) is 13.5. The first kappa shape index (κ1) is 16.6. The highest BCUT2D eigenvalue weighted by Gasteiger charge is 2.61. The second-order valence-electron chi connectivity index (χ2n) is 7.51. The molecule has 4 bridgehead atoms. The lowest BCUT2D eigenvalue weighted by molar-refractivity contribution is -0.177. The molecule has 128 valence electrons. The summed E-state index contributed by atoms with van der Waals surface area (Å²) in [4.78, 5) is 35.5. The van der Waals surface area contributed by atoms with Gasteiger partial charge in [-0.25, -0.2) is 4.79 Å².